The molecule has 0 aliphatic carbocycles. The third kappa shape index (κ3) is 5.68. The number of hydrogen-bond acceptors (Lipinski definition) is 5. The van der Waals surface area contributed by atoms with Gasteiger partial charge in [-0.3, -0.25) is 14.9 Å². The second kappa shape index (κ2) is 10.8. The van der Waals surface area contributed by atoms with E-state index in [1.807, 2.05) is 24.3 Å². The van der Waals surface area contributed by atoms with Gasteiger partial charge in [0.1, 0.15) is 12.2 Å². The van der Waals surface area contributed by atoms with Crippen molar-refractivity contribution in [2.75, 3.05) is 12.0 Å². The molecular formula is C25H17BrClIN2O5. The maximum Gasteiger partial charge on any atom is 0.335 e. The van der Waals surface area contributed by atoms with Crippen molar-refractivity contribution in [1.82, 2.24) is 5.32 Å². The van der Waals surface area contributed by atoms with Crippen molar-refractivity contribution < 1.29 is 23.9 Å². The number of imide groups is 2. The first-order valence-electron chi connectivity index (χ1n) is 10.2. The van der Waals surface area contributed by atoms with Crippen LogP contribution in [0.5, 0.6) is 11.5 Å². The SMILES string of the molecule is COc1cc(/C=C2\C(=O)NC(=O)N(c3cccc(Cl)c3)C2=O)cc(I)c1OCc1ccc(Br)cc1. The molecule has 0 bridgehead atoms. The molecule has 1 N–H and O–H groups in total. The molecule has 0 saturated carbocycles. The zero-order valence-corrected chi connectivity index (χ0v) is 22.7. The van der Waals surface area contributed by atoms with Crippen LogP contribution in [-0.2, 0) is 16.2 Å². The van der Waals surface area contributed by atoms with Crippen molar-refractivity contribution in [1.29, 1.82) is 0 Å². The molecule has 178 valence electrons. The third-order valence-electron chi connectivity index (χ3n) is 5.03. The van der Waals surface area contributed by atoms with Crippen molar-refractivity contribution in [2.24, 2.45) is 0 Å². The Balaban J connectivity index is 1.64. The van der Waals surface area contributed by atoms with Gasteiger partial charge in [-0.05, 0) is 82.3 Å². The second-order valence-corrected chi connectivity index (χ2v) is 9.90. The van der Waals surface area contributed by atoms with Crippen molar-refractivity contribution in [3.8, 4) is 11.5 Å². The number of carbonyl (C=O) groups excluding carboxylic acids is 3. The van der Waals surface area contributed by atoms with Crippen molar-refractivity contribution in [2.45, 2.75) is 6.61 Å². The number of carbonyl (C=O) groups is 3. The summed E-state index contributed by atoms with van der Waals surface area (Å²) < 4.78 is 13.2. The third-order valence-corrected chi connectivity index (χ3v) is 6.59. The van der Waals surface area contributed by atoms with Gasteiger partial charge in [0.15, 0.2) is 11.5 Å². The highest BCUT2D eigenvalue weighted by Crippen LogP contribution is 2.35. The highest BCUT2D eigenvalue weighted by molar-refractivity contribution is 14.1. The van der Waals surface area contributed by atoms with E-state index < -0.39 is 17.8 Å². The van der Waals surface area contributed by atoms with Gasteiger partial charge in [0.05, 0.1) is 16.4 Å². The lowest BCUT2D eigenvalue weighted by molar-refractivity contribution is -0.122. The molecule has 1 heterocycles. The number of ether oxygens (including phenoxy) is 2. The Kier molecular flexibility index (Phi) is 7.78. The lowest BCUT2D eigenvalue weighted by Crippen LogP contribution is -2.54. The number of amides is 4. The largest absolute Gasteiger partial charge is 0.493 e. The summed E-state index contributed by atoms with van der Waals surface area (Å²) in [5, 5.41) is 2.55. The van der Waals surface area contributed by atoms with Gasteiger partial charge in [0.2, 0.25) is 0 Å². The fourth-order valence-electron chi connectivity index (χ4n) is 3.37. The Bertz CT molecular complexity index is 1360. The quantitative estimate of drug-likeness (QED) is 0.199. The summed E-state index contributed by atoms with van der Waals surface area (Å²) in [7, 11) is 1.51. The Labute approximate surface area is 228 Å². The average Bonchev–Trinajstić information content (AvgIpc) is 2.82. The minimum Gasteiger partial charge on any atom is -0.493 e. The Hall–Kier alpha value is -2.89. The normalized spacial score (nSPS) is 14.8. The summed E-state index contributed by atoms with van der Waals surface area (Å²) >= 11 is 11.5. The predicted octanol–water partition coefficient (Wildman–Crippen LogP) is 5.96. The summed E-state index contributed by atoms with van der Waals surface area (Å²) in [6.45, 7) is 0.331. The highest BCUT2D eigenvalue weighted by Gasteiger charge is 2.37. The van der Waals surface area contributed by atoms with Crippen LogP contribution in [0.15, 0.2) is 70.7 Å². The second-order valence-electron chi connectivity index (χ2n) is 7.39. The molecule has 35 heavy (non-hydrogen) atoms. The van der Waals surface area contributed by atoms with Crippen LogP contribution in [0.2, 0.25) is 5.02 Å². The number of methoxy groups -OCH3 is 1. The van der Waals surface area contributed by atoms with Crippen molar-refractivity contribution >= 4 is 79.7 Å². The Morgan fingerprint density at radius 2 is 1.83 bits per heavy atom. The molecule has 1 aliphatic heterocycles. The topological polar surface area (TPSA) is 84.9 Å². The molecule has 1 aliphatic rings. The van der Waals surface area contributed by atoms with Crippen LogP contribution in [0.25, 0.3) is 6.08 Å². The standard InChI is InChI=1S/C25H17BrClIN2O5/c1-34-21-11-15(10-20(28)22(21)35-13-14-5-7-16(26)8-6-14)9-19-23(31)29-25(33)30(24(19)32)18-4-2-3-17(27)12-18/h2-12H,13H2,1H3,(H,29,31,33)/b19-9+. The zero-order chi connectivity index (χ0) is 25.1. The van der Waals surface area contributed by atoms with Gasteiger partial charge in [0, 0.05) is 9.50 Å². The first-order chi connectivity index (χ1) is 16.8. The lowest BCUT2D eigenvalue weighted by atomic mass is 10.1. The molecular weight excluding hydrogens is 651 g/mol. The summed E-state index contributed by atoms with van der Waals surface area (Å²) in [5.74, 6) is -0.575. The van der Waals surface area contributed by atoms with E-state index in [-0.39, 0.29) is 11.3 Å². The van der Waals surface area contributed by atoms with Gasteiger partial charge in [-0.1, -0.05) is 45.7 Å². The molecule has 4 rings (SSSR count). The number of nitrogens with zero attached hydrogens (tertiary/aromatic N) is 1. The van der Waals surface area contributed by atoms with E-state index in [1.165, 1.54) is 19.3 Å². The zero-order valence-electron chi connectivity index (χ0n) is 18.2. The first kappa shape index (κ1) is 25.2. The highest BCUT2D eigenvalue weighted by atomic mass is 127. The number of nitrogens with one attached hydrogen (secondary N) is 1. The van der Waals surface area contributed by atoms with E-state index in [4.69, 9.17) is 21.1 Å². The molecule has 7 nitrogen and oxygen atoms in total. The van der Waals surface area contributed by atoms with Crippen LogP contribution in [0.3, 0.4) is 0 Å². The minimum absolute atomic E-state index is 0.203. The van der Waals surface area contributed by atoms with E-state index in [2.05, 4.69) is 43.8 Å². The fraction of sp³-hybridized carbons (Fsp3) is 0.0800. The van der Waals surface area contributed by atoms with Gasteiger partial charge in [-0.15, -0.1) is 0 Å². The van der Waals surface area contributed by atoms with Crippen LogP contribution in [-0.4, -0.2) is 25.0 Å². The molecule has 0 radical (unpaired) electrons. The molecule has 1 saturated heterocycles. The molecule has 1 fully saturated rings. The maximum absolute atomic E-state index is 13.1. The fourth-order valence-corrected chi connectivity index (χ4v) is 4.60. The van der Waals surface area contributed by atoms with Crippen LogP contribution < -0.4 is 19.7 Å². The molecule has 4 amide bonds. The molecule has 0 aromatic heterocycles. The summed E-state index contributed by atoms with van der Waals surface area (Å²) in [6, 6.07) is 16.6. The monoisotopic (exact) mass is 666 g/mol. The maximum atomic E-state index is 13.1. The van der Waals surface area contributed by atoms with Crippen LogP contribution in [0, 0.1) is 3.57 Å². The molecule has 10 heteroatoms. The minimum atomic E-state index is -0.844. The summed E-state index contributed by atoms with van der Waals surface area (Å²) in [4.78, 5) is 38.9. The van der Waals surface area contributed by atoms with E-state index in [0.717, 1.165) is 18.5 Å². The van der Waals surface area contributed by atoms with Crippen molar-refractivity contribution in [3.05, 3.63) is 90.4 Å². The van der Waals surface area contributed by atoms with Gasteiger partial charge in [0.25, 0.3) is 11.8 Å². The van der Waals surface area contributed by atoms with Gasteiger partial charge in [-0.25, -0.2) is 9.69 Å². The number of benzene rings is 3. The summed E-state index contributed by atoms with van der Waals surface area (Å²) in [6.07, 6.45) is 1.41. The van der Waals surface area contributed by atoms with E-state index in [9.17, 15) is 14.4 Å². The van der Waals surface area contributed by atoms with Crippen LogP contribution in [0.1, 0.15) is 11.1 Å². The summed E-state index contributed by atoms with van der Waals surface area (Å²) in [5.41, 5.74) is 1.56. The number of rotatable bonds is 6. The Morgan fingerprint density at radius 3 is 2.51 bits per heavy atom. The number of anilines is 1. The number of urea groups is 1. The smallest absolute Gasteiger partial charge is 0.335 e. The average molecular weight is 668 g/mol. The molecule has 0 spiro atoms. The van der Waals surface area contributed by atoms with E-state index >= 15 is 0 Å². The van der Waals surface area contributed by atoms with Crippen LogP contribution in [0.4, 0.5) is 10.5 Å². The number of halogens is 3. The van der Waals surface area contributed by atoms with Crippen molar-refractivity contribution in [3.63, 3.8) is 0 Å². The van der Waals surface area contributed by atoms with E-state index in [0.29, 0.717) is 28.7 Å². The lowest BCUT2D eigenvalue weighted by Gasteiger charge is -2.26. The first-order valence-corrected chi connectivity index (χ1v) is 12.4. The van der Waals surface area contributed by atoms with Gasteiger partial charge < -0.3 is 9.47 Å². The molecule has 0 unspecified atom stereocenters. The molecule has 3 aromatic carbocycles. The molecule has 0 atom stereocenters. The number of hydrogen-bond donors (Lipinski definition) is 1. The Morgan fingerprint density at radius 1 is 1.09 bits per heavy atom. The van der Waals surface area contributed by atoms with Crippen LogP contribution >= 0.6 is 50.1 Å². The van der Waals surface area contributed by atoms with E-state index in [1.54, 1.807) is 30.3 Å². The van der Waals surface area contributed by atoms with Gasteiger partial charge >= 0.3 is 6.03 Å². The van der Waals surface area contributed by atoms with Gasteiger partial charge in [-0.2, -0.15) is 0 Å². The predicted molar refractivity (Wildman–Crippen MR) is 145 cm³/mol. The molecule has 3 aromatic rings. The number of barbiturate groups is 1.